The number of rotatable bonds is 7. The predicted molar refractivity (Wildman–Crippen MR) is 128 cm³/mol. The molecular weight excluding hydrogens is 444 g/mol. The summed E-state index contributed by atoms with van der Waals surface area (Å²) in [5.74, 6) is 0.558. The van der Waals surface area contributed by atoms with Gasteiger partial charge >= 0.3 is 0 Å². The molecule has 2 heterocycles. The molecule has 2 saturated heterocycles. The monoisotopic (exact) mass is 478 g/mol. The Hall–Kier alpha value is -2.19. The molecule has 2 aliphatic heterocycles. The van der Waals surface area contributed by atoms with E-state index in [0.717, 1.165) is 44.5 Å². The summed E-state index contributed by atoms with van der Waals surface area (Å²) in [5, 5.41) is 13.7. The van der Waals surface area contributed by atoms with Crippen LogP contribution in [-0.2, 0) is 4.79 Å². The molecule has 33 heavy (non-hydrogen) atoms. The lowest BCUT2D eigenvalue weighted by Crippen LogP contribution is -2.54. The largest absolute Gasteiger partial charge is 0.341 e. The van der Waals surface area contributed by atoms with Gasteiger partial charge in [0, 0.05) is 31.8 Å². The van der Waals surface area contributed by atoms with Crippen molar-refractivity contribution < 1.29 is 14.5 Å². The summed E-state index contributed by atoms with van der Waals surface area (Å²) in [6, 6.07) is 3.04. The van der Waals surface area contributed by atoms with E-state index < -0.39 is 16.9 Å². The zero-order valence-electron chi connectivity index (χ0n) is 19.8. The minimum Gasteiger partial charge on any atom is -0.341 e. The van der Waals surface area contributed by atoms with Gasteiger partial charge in [-0.25, -0.2) is 0 Å². The van der Waals surface area contributed by atoms with Gasteiger partial charge in [-0.2, -0.15) is 0 Å². The molecule has 1 N–H and O–H groups in total. The number of benzene rings is 1. The number of amides is 2. The van der Waals surface area contributed by atoms with E-state index in [1.165, 1.54) is 25.0 Å². The van der Waals surface area contributed by atoms with Crippen LogP contribution in [0.3, 0.4) is 0 Å². The third kappa shape index (κ3) is 6.67. The number of nitrogens with one attached hydrogen (secondary N) is 1. The zero-order chi connectivity index (χ0) is 24.1. The molecule has 1 aromatic carbocycles. The second-order valence-electron chi connectivity index (χ2n) is 9.89. The zero-order valence-corrected chi connectivity index (χ0v) is 20.5. The van der Waals surface area contributed by atoms with E-state index in [9.17, 15) is 19.7 Å². The fourth-order valence-electron chi connectivity index (χ4n) is 4.76. The van der Waals surface area contributed by atoms with Gasteiger partial charge in [-0.05, 0) is 62.6 Å². The van der Waals surface area contributed by atoms with Gasteiger partial charge in [0.2, 0.25) is 5.91 Å². The lowest BCUT2D eigenvalue weighted by atomic mass is 9.93. The fourth-order valence-corrected chi connectivity index (χ4v) is 5.02. The number of likely N-dealkylation sites (tertiary alicyclic amines) is 2. The normalized spacial score (nSPS) is 21.1. The van der Waals surface area contributed by atoms with Gasteiger partial charge in [-0.15, -0.1) is 0 Å². The number of hydrogen-bond donors (Lipinski definition) is 1. The molecule has 0 radical (unpaired) electrons. The van der Waals surface area contributed by atoms with Crippen molar-refractivity contribution in [2.45, 2.75) is 52.5 Å². The Morgan fingerprint density at radius 2 is 1.91 bits per heavy atom. The van der Waals surface area contributed by atoms with Gasteiger partial charge in [0.15, 0.2) is 0 Å². The Labute approximate surface area is 200 Å². The highest BCUT2D eigenvalue weighted by Crippen LogP contribution is 2.25. The molecule has 0 aromatic heterocycles. The quantitative estimate of drug-likeness (QED) is 0.472. The molecule has 2 unspecified atom stereocenters. The molecule has 1 aromatic rings. The van der Waals surface area contributed by atoms with Crippen LogP contribution in [-0.4, -0.2) is 65.3 Å². The summed E-state index contributed by atoms with van der Waals surface area (Å²) in [4.78, 5) is 41.0. The molecule has 2 amide bonds. The lowest BCUT2D eigenvalue weighted by Gasteiger charge is -2.39. The molecule has 9 heteroatoms. The molecule has 3 rings (SSSR count). The number of non-ortho nitro benzene ring substituents is 1. The molecule has 0 spiro atoms. The highest BCUT2D eigenvalue weighted by atomic mass is 35.5. The first kappa shape index (κ1) is 25.4. The van der Waals surface area contributed by atoms with Gasteiger partial charge in [-0.1, -0.05) is 32.4 Å². The van der Waals surface area contributed by atoms with Crippen LogP contribution < -0.4 is 5.32 Å². The van der Waals surface area contributed by atoms with Crippen LogP contribution in [0.1, 0.15) is 56.8 Å². The minimum atomic E-state index is -0.682. The summed E-state index contributed by atoms with van der Waals surface area (Å²) in [5.41, 5.74) is -0.0629. The van der Waals surface area contributed by atoms with Crippen molar-refractivity contribution in [2.24, 2.45) is 17.8 Å². The first-order valence-electron chi connectivity index (χ1n) is 11.9. The third-order valence-electron chi connectivity index (χ3n) is 6.85. The van der Waals surface area contributed by atoms with Crippen LogP contribution in [0.5, 0.6) is 0 Å². The highest BCUT2D eigenvalue weighted by Gasteiger charge is 2.33. The smallest absolute Gasteiger partial charge is 0.270 e. The van der Waals surface area contributed by atoms with Gasteiger partial charge < -0.3 is 15.1 Å². The third-order valence-corrected chi connectivity index (χ3v) is 7.16. The molecule has 182 valence electrons. The van der Waals surface area contributed by atoms with Crippen LogP contribution in [0, 0.1) is 27.9 Å². The standard InChI is InChI=1S/C24H35ClN4O4/c1-16(2)22(26-23(30)20-7-6-19(29(32)33)13-21(20)25)24(31)28-10-4-5-18(15-28)14-27-11-8-17(3)9-12-27/h6-7,13,16-18,22H,4-5,8-12,14-15H2,1-3H3,(H,26,30). The average molecular weight is 479 g/mol. The molecule has 0 saturated carbocycles. The van der Waals surface area contributed by atoms with E-state index in [-0.39, 0.29) is 28.1 Å². The Kier molecular flexibility index (Phi) is 8.70. The second-order valence-corrected chi connectivity index (χ2v) is 10.3. The van der Waals surface area contributed by atoms with Crippen molar-refractivity contribution in [3.05, 3.63) is 38.9 Å². The van der Waals surface area contributed by atoms with Crippen LogP contribution >= 0.6 is 11.6 Å². The van der Waals surface area contributed by atoms with Gasteiger partial charge in [-0.3, -0.25) is 19.7 Å². The van der Waals surface area contributed by atoms with Crippen LogP contribution in [0.15, 0.2) is 18.2 Å². The van der Waals surface area contributed by atoms with Crippen molar-refractivity contribution in [2.75, 3.05) is 32.7 Å². The Morgan fingerprint density at radius 1 is 1.21 bits per heavy atom. The Balaban J connectivity index is 1.63. The summed E-state index contributed by atoms with van der Waals surface area (Å²) in [6.45, 7) is 10.8. The molecule has 0 aliphatic carbocycles. The van der Waals surface area contributed by atoms with E-state index in [4.69, 9.17) is 11.6 Å². The van der Waals surface area contributed by atoms with Gasteiger partial charge in [0.05, 0.1) is 15.5 Å². The summed E-state index contributed by atoms with van der Waals surface area (Å²) >= 11 is 6.12. The maximum absolute atomic E-state index is 13.4. The number of halogens is 1. The van der Waals surface area contributed by atoms with Crippen molar-refractivity contribution in [1.82, 2.24) is 15.1 Å². The molecule has 2 fully saturated rings. The van der Waals surface area contributed by atoms with Crippen molar-refractivity contribution >= 4 is 29.1 Å². The minimum absolute atomic E-state index is 0.00876. The average Bonchev–Trinajstić information content (AvgIpc) is 2.78. The second kappa shape index (κ2) is 11.3. The topological polar surface area (TPSA) is 95.8 Å². The summed E-state index contributed by atoms with van der Waals surface area (Å²) in [6.07, 6.45) is 4.56. The van der Waals surface area contributed by atoms with E-state index in [0.29, 0.717) is 19.0 Å². The molecule has 8 nitrogen and oxygen atoms in total. The van der Waals surface area contributed by atoms with Crippen LogP contribution in [0.25, 0.3) is 0 Å². The van der Waals surface area contributed by atoms with E-state index in [1.54, 1.807) is 0 Å². The predicted octanol–water partition coefficient (Wildman–Crippen LogP) is 3.97. The maximum atomic E-state index is 13.4. The lowest BCUT2D eigenvalue weighted by molar-refractivity contribution is -0.384. The number of carbonyl (C=O) groups excluding carboxylic acids is 2. The van der Waals surface area contributed by atoms with Crippen LogP contribution in [0.4, 0.5) is 5.69 Å². The number of nitrogens with zero attached hydrogens (tertiary/aromatic N) is 3. The number of hydrogen-bond acceptors (Lipinski definition) is 5. The maximum Gasteiger partial charge on any atom is 0.270 e. The Bertz CT molecular complexity index is 870. The fraction of sp³-hybridized carbons (Fsp3) is 0.667. The van der Waals surface area contributed by atoms with E-state index in [2.05, 4.69) is 17.1 Å². The number of nitro benzene ring substituents is 1. The Morgan fingerprint density at radius 3 is 2.52 bits per heavy atom. The first-order valence-corrected chi connectivity index (χ1v) is 12.3. The van der Waals surface area contributed by atoms with Gasteiger partial charge in [0.1, 0.15) is 6.04 Å². The van der Waals surface area contributed by atoms with Crippen molar-refractivity contribution in [3.8, 4) is 0 Å². The molecule has 2 aliphatic rings. The highest BCUT2D eigenvalue weighted by molar-refractivity contribution is 6.34. The van der Waals surface area contributed by atoms with E-state index >= 15 is 0 Å². The molecule has 2 atom stereocenters. The first-order chi connectivity index (χ1) is 15.7. The number of nitro groups is 1. The van der Waals surface area contributed by atoms with E-state index in [1.807, 2.05) is 18.7 Å². The molecule has 0 bridgehead atoms. The van der Waals surface area contributed by atoms with Crippen molar-refractivity contribution in [3.63, 3.8) is 0 Å². The number of carbonyl (C=O) groups is 2. The van der Waals surface area contributed by atoms with Crippen LogP contribution in [0.2, 0.25) is 5.02 Å². The SMILES string of the molecule is CC1CCN(CC2CCCN(C(=O)C(NC(=O)c3ccc([N+](=O)[O-])cc3Cl)C(C)C)C2)CC1. The van der Waals surface area contributed by atoms with Gasteiger partial charge in [0.25, 0.3) is 11.6 Å². The molecular formula is C24H35ClN4O4. The number of piperidine rings is 2. The summed E-state index contributed by atoms with van der Waals surface area (Å²) in [7, 11) is 0. The van der Waals surface area contributed by atoms with Crippen molar-refractivity contribution in [1.29, 1.82) is 0 Å². The summed E-state index contributed by atoms with van der Waals surface area (Å²) < 4.78 is 0.